The van der Waals surface area contributed by atoms with Crippen molar-refractivity contribution in [1.82, 2.24) is 10.2 Å². The highest BCUT2D eigenvalue weighted by molar-refractivity contribution is 8.00. The highest BCUT2D eigenvalue weighted by Gasteiger charge is 2.32. The lowest BCUT2D eigenvalue weighted by atomic mass is 10.1. The molecule has 0 saturated carbocycles. The van der Waals surface area contributed by atoms with Crippen LogP contribution >= 0.6 is 24.2 Å². The van der Waals surface area contributed by atoms with Crippen LogP contribution in [0.3, 0.4) is 0 Å². The summed E-state index contributed by atoms with van der Waals surface area (Å²) in [4.78, 5) is 15.6. The molecule has 0 radical (unpaired) electrons. The molecule has 2 unspecified atom stereocenters. The van der Waals surface area contributed by atoms with E-state index in [-0.39, 0.29) is 18.3 Å². The molecule has 1 amide bonds. The van der Waals surface area contributed by atoms with E-state index >= 15 is 0 Å². The lowest BCUT2D eigenvalue weighted by Crippen LogP contribution is -2.33. The van der Waals surface area contributed by atoms with Gasteiger partial charge in [-0.3, -0.25) is 4.79 Å². The minimum absolute atomic E-state index is 0. The first-order valence-electron chi connectivity index (χ1n) is 8.68. The van der Waals surface area contributed by atoms with Crippen LogP contribution in [-0.4, -0.2) is 37.5 Å². The predicted molar refractivity (Wildman–Crippen MR) is 107 cm³/mol. The maximum Gasteiger partial charge on any atom is 0.240 e. The molecular formula is C20H23ClF2N2OS. The standard InChI is InChI=1S/C20H22F2N2OS.ClH/c1-23-12-14-9-10-24(13-14)20(25)19(15-5-3-2-4-6-15)26-16-7-8-17(21)18(22)11-16;/h2-8,11,14,19,23H,9-10,12-13H2,1H3;1H. The summed E-state index contributed by atoms with van der Waals surface area (Å²) in [7, 11) is 1.91. The monoisotopic (exact) mass is 412 g/mol. The Labute approximate surface area is 168 Å². The highest BCUT2D eigenvalue weighted by Crippen LogP contribution is 2.38. The van der Waals surface area contributed by atoms with Crippen LogP contribution in [0, 0.1) is 17.6 Å². The summed E-state index contributed by atoms with van der Waals surface area (Å²) in [5.41, 5.74) is 0.865. The van der Waals surface area contributed by atoms with Crippen LogP contribution in [0.5, 0.6) is 0 Å². The van der Waals surface area contributed by atoms with E-state index in [1.54, 1.807) is 0 Å². The lowest BCUT2D eigenvalue weighted by Gasteiger charge is -2.24. The van der Waals surface area contributed by atoms with E-state index in [1.807, 2.05) is 42.3 Å². The van der Waals surface area contributed by atoms with Crippen LogP contribution in [0.15, 0.2) is 53.4 Å². The van der Waals surface area contributed by atoms with Crippen LogP contribution in [0.2, 0.25) is 0 Å². The van der Waals surface area contributed by atoms with E-state index in [9.17, 15) is 13.6 Å². The van der Waals surface area contributed by atoms with Crippen LogP contribution in [0.25, 0.3) is 0 Å². The number of likely N-dealkylation sites (tertiary alicyclic amines) is 1. The van der Waals surface area contributed by atoms with Crippen LogP contribution < -0.4 is 5.32 Å². The van der Waals surface area contributed by atoms with E-state index in [0.717, 1.165) is 43.8 Å². The molecule has 146 valence electrons. The second-order valence-electron chi connectivity index (χ2n) is 6.48. The van der Waals surface area contributed by atoms with Crippen LogP contribution in [0.1, 0.15) is 17.2 Å². The van der Waals surface area contributed by atoms with Gasteiger partial charge in [0.15, 0.2) is 11.6 Å². The predicted octanol–water partition coefficient (Wildman–Crippen LogP) is 4.29. The van der Waals surface area contributed by atoms with Gasteiger partial charge in [-0.15, -0.1) is 24.2 Å². The minimum Gasteiger partial charge on any atom is -0.341 e. The molecule has 3 rings (SSSR count). The largest absolute Gasteiger partial charge is 0.341 e. The molecular weight excluding hydrogens is 390 g/mol. The van der Waals surface area contributed by atoms with Gasteiger partial charge in [0.05, 0.1) is 0 Å². The zero-order chi connectivity index (χ0) is 18.5. The van der Waals surface area contributed by atoms with Crippen molar-refractivity contribution >= 4 is 30.1 Å². The molecule has 0 aliphatic carbocycles. The van der Waals surface area contributed by atoms with Crippen molar-refractivity contribution < 1.29 is 13.6 Å². The van der Waals surface area contributed by atoms with Crippen molar-refractivity contribution in [1.29, 1.82) is 0 Å². The number of benzene rings is 2. The molecule has 2 aromatic carbocycles. The molecule has 3 nitrogen and oxygen atoms in total. The second kappa shape index (κ2) is 10.1. The number of nitrogens with one attached hydrogen (secondary N) is 1. The number of carbonyl (C=O) groups is 1. The first kappa shape index (κ1) is 21.7. The van der Waals surface area contributed by atoms with E-state index in [4.69, 9.17) is 0 Å². The zero-order valence-corrected chi connectivity index (χ0v) is 16.7. The zero-order valence-electron chi connectivity index (χ0n) is 15.0. The van der Waals surface area contributed by atoms with Gasteiger partial charge < -0.3 is 10.2 Å². The van der Waals surface area contributed by atoms with Crippen molar-refractivity contribution in [3.05, 3.63) is 65.7 Å². The van der Waals surface area contributed by atoms with Crippen molar-refractivity contribution in [2.45, 2.75) is 16.6 Å². The Balaban J connectivity index is 0.00000261. The van der Waals surface area contributed by atoms with Crippen molar-refractivity contribution in [2.75, 3.05) is 26.7 Å². The molecule has 0 spiro atoms. The van der Waals surface area contributed by atoms with E-state index < -0.39 is 16.9 Å². The SMILES string of the molecule is CNCC1CCN(C(=O)C(Sc2ccc(F)c(F)c2)c2ccccc2)C1.Cl. The Morgan fingerprint density at radius 3 is 2.63 bits per heavy atom. The number of thioether (sulfide) groups is 1. The third-order valence-corrected chi connectivity index (χ3v) is 5.80. The molecule has 1 fully saturated rings. The summed E-state index contributed by atoms with van der Waals surface area (Å²) in [6.07, 6.45) is 0.976. The second-order valence-corrected chi connectivity index (χ2v) is 7.66. The number of amides is 1. The molecule has 1 saturated heterocycles. The van der Waals surface area contributed by atoms with Gasteiger partial charge in [0, 0.05) is 18.0 Å². The third kappa shape index (κ3) is 5.43. The molecule has 1 N–H and O–H groups in total. The Morgan fingerprint density at radius 2 is 1.96 bits per heavy atom. The third-order valence-electron chi connectivity index (χ3n) is 4.56. The molecule has 27 heavy (non-hydrogen) atoms. The van der Waals surface area contributed by atoms with Gasteiger partial charge in [-0.1, -0.05) is 30.3 Å². The Morgan fingerprint density at radius 1 is 1.22 bits per heavy atom. The summed E-state index contributed by atoms with van der Waals surface area (Å²) >= 11 is 1.26. The molecule has 1 aliphatic rings. The molecule has 1 heterocycles. The van der Waals surface area contributed by atoms with Gasteiger partial charge in [0.1, 0.15) is 5.25 Å². The summed E-state index contributed by atoms with van der Waals surface area (Å²) < 4.78 is 26.8. The van der Waals surface area contributed by atoms with Crippen molar-refractivity contribution in [2.24, 2.45) is 5.92 Å². The Kier molecular flexibility index (Phi) is 8.07. The molecule has 2 aromatic rings. The van der Waals surface area contributed by atoms with E-state index in [1.165, 1.54) is 17.8 Å². The van der Waals surface area contributed by atoms with Gasteiger partial charge in [-0.05, 0) is 49.7 Å². The maximum absolute atomic E-state index is 13.6. The van der Waals surface area contributed by atoms with Gasteiger partial charge >= 0.3 is 0 Å². The number of carbonyl (C=O) groups excluding carboxylic acids is 1. The number of rotatable bonds is 6. The Bertz CT molecular complexity index is 763. The average Bonchev–Trinajstić information content (AvgIpc) is 3.12. The fourth-order valence-corrected chi connectivity index (χ4v) is 4.36. The van der Waals surface area contributed by atoms with Crippen LogP contribution in [0.4, 0.5) is 8.78 Å². The minimum atomic E-state index is -0.899. The number of nitrogens with zero attached hydrogens (tertiary/aromatic N) is 1. The lowest BCUT2D eigenvalue weighted by molar-refractivity contribution is -0.129. The fraction of sp³-hybridized carbons (Fsp3) is 0.350. The first-order valence-corrected chi connectivity index (χ1v) is 9.56. The smallest absolute Gasteiger partial charge is 0.240 e. The maximum atomic E-state index is 13.6. The van der Waals surface area contributed by atoms with Gasteiger partial charge in [0.2, 0.25) is 5.91 Å². The first-order chi connectivity index (χ1) is 12.6. The number of halogens is 3. The van der Waals surface area contributed by atoms with Crippen molar-refractivity contribution in [3.63, 3.8) is 0 Å². The van der Waals surface area contributed by atoms with Gasteiger partial charge in [-0.2, -0.15) is 0 Å². The molecule has 2 atom stereocenters. The van der Waals surface area contributed by atoms with Gasteiger partial charge in [0.25, 0.3) is 0 Å². The molecule has 0 aromatic heterocycles. The van der Waals surface area contributed by atoms with Crippen LogP contribution in [-0.2, 0) is 4.79 Å². The van der Waals surface area contributed by atoms with E-state index in [2.05, 4.69) is 5.32 Å². The summed E-state index contributed by atoms with van der Waals surface area (Å²) in [5, 5.41) is 2.68. The molecule has 7 heteroatoms. The van der Waals surface area contributed by atoms with Gasteiger partial charge in [-0.25, -0.2) is 8.78 Å². The Hall–Kier alpha value is -1.63. The quantitative estimate of drug-likeness (QED) is 0.718. The topological polar surface area (TPSA) is 32.3 Å². The molecule has 1 aliphatic heterocycles. The average molecular weight is 413 g/mol. The number of hydrogen-bond donors (Lipinski definition) is 1. The molecule has 0 bridgehead atoms. The fourth-order valence-electron chi connectivity index (χ4n) is 3.23. The normalized spacial score (nSPS) is 17.4. The van der Waals surface area contributed by atoms with E-state index in [0.29, 0.717) is 10.8 Å². The summed E-state index contributed by atoms with van der Waals surface area (Å²) in [6.45, 7) is 2.34. The highest BCUT2D eigenvalue weighted by atomic mass is 35.5. The van der Waals surface area contributed by atoms with Crippen molar-refractivity contribution in [3.8, 4) is 0 Å². The summed E-state index contributed by atoms with van der Waals surface area (Å²) in [5.74, 6) is -1.31. The number of hydrogen-bond acceptors (Lipinski definition) is 3. The summed E-state index contributed by atoms with van der Waals surface area (Å²) in [6, 6.07) is 13.2.